The number of hydrogen-bond acceptors (Lipinski definition) is 3. The Kier molecular flexibility index (Phi) is 7.29. The van der Waals surface area contributed by atoms with Gasteiger partial charge in [0.05, 0.1) is 22.8 Å². The minimum atomic E-state index is -4.29. The summed E-state index contributed by atoms with van der Waals surface area (Å²) in [6.07, 6.45) is 0.318. The minimum absolute atomic E-state index is 0.00435. The summed E-state index contributed by atoms with van der Waals surface area (Å²) in [5, 5.41) is 0. The highest BCUT2D eigenvalue weighted by molar-refractivity contribution is 7.84. The first-order valence-corrected chi connectivity index (χ1v) is 8.82. The van der Waals surface area contributed by atoms with E-state index in [2.05, 4.69) is 4.74 Å². The van der Waals surface area contributed by atoms with E-state index in [1.807, 2.05) is 4.72 Å². The Balaban J connectivity index is 3.68. The SMILES string of the molecule is COC(=O)C=CC(F)(F)[C@](CF)(N[S@](=O)C(C)(C)C)c1cccc(F)c1F. The fraction of sp³-hybridized carbons (Fsp3) is 0.471. The third-order valence-corrected chi connectivity index (χ3v) is 5.28. The van der Waals surface area contributed by atoms with E-state index in [0.29, 0.717) is 12.1 Å². The number of benzene rings is 1. The smallest absolute Gasteiger partial charge is 0.330 e. The summed E-state index contributed by atoms with van der Waals surface area (Å²) in [5.41, 5.74) is -4.30. The number of carbonyl (C=O) groups is 1. The van der Waals surface area contributed by atoms with Crippen LogP contribution in [0.3, 0.4) is 0 Å². The van der Waals surface area contributed by atoms with Crippen LogP contribution in [0.5, 0.6) is 0 Å². The van der Waals surface area contributed by atoms with Gasteiger partial charge in [0.15, 0.2) is 17.2 Å². The number of nitrogens with one attached hydrogen (secondary N) is 1. The Bertz CT molecular complexity index is 749. The van der Waals surface area contributed by atoms with Crippen LogP contribution in [0.4, 0.5) is 22.0 Å². The molecule has 0 fully saturated rings. The molecule has 0 aromatic heterocycles. The molecule has 0 aliphatic rings. The quantitative estimate of drug-likeness (QED) is 0.423. The molecule has 27 heavy (non-hydrogen) atoms. The van der Waals surface area contributed by atoms with Crippen molar-refractivity contribution in [1.82, 2.24) is 4.72 Å². The van der Waals surface area contributed by atoms with Crippen molar-refractivity contribution in [2.45, 2.75) is 37.0 Å². The van der Waals surface area contributed by atoms with Gasteiger partial charge in [0.2, 0.25) is 0 Å². The first kappa shape index (κ1) is 23.2. The van der Waals surface area contributed by atoms with Crippen LogP contribution in [-0.4, -0.2) is 34.6 Å². The van der Waals surface area contributed by atoms with E-state index in [-0.39, 0.29) is 6.08 Å². The Hall–Kier alpha value is -1.81. The summed E-state index contributed by atoms with van der Waals surface area (Å²) < 4.78 is 89.3. The highest BCUT2D eigenvalue weighted by Gasteiger charge is 2.57. The van der Waals surface area contributed by atoms with E-state index < -0.39 is 57.0 Å². The maximum absolute atomic E-state index is 15.0. The van der Waals surface area contributed by atoms with Crippen LogP contribution in [0.2, 0.25) is 0 Å². The van der Waals surface area contributed by atoms with Crippen LogP contribution >= 0.6 is 0 Å². The molecule has 0 heterocycles. The molecule has 0 unspecified atom stereocenters. The molecule has 1 aromatic rings. The fourth-order valence-electron chi connectivity index (χ4n) is 2.02. The second kappa shape index (κ2) is 8.47. The minimum Gasteiger partial charge on any atom is -0.466 e. The number of methoxy groups -OCH3 is 1. The zero-order valence-corrected chi connectivity index (χ0v) is 15.9. The summed E-state index contributed by atoms with van der Waals surface area (Å²) in [7, 11) is -1.36. The van der Waals surface area contributed by atoms with Crippen LogP contribution in [0.15, 0.2) is 30.4 Å². The van der Waals surface area contributed by atoms with Crippen molar-refractivity contribution in [2.24, 2.45) is 0 Å². The summed E-state index contributed by atoms with van der Waals surface area (Å²) in [5.74, 6) is -8.66. The number of ether oxygens (including phenoxy) is 1. The second-order valence-electron chi connectivity index (χ2n) is 6.60. The van der Waals surface area contributed by atoms with Crippen molar-refractivity contribution < 1.29 is 35.7 Å². The molecule has 0 spiro atoms. The third kappa shape index (κ3) is 4.92. The summed E-state index contributed by atoms with van der Waals surface area (Å²) in [4.78, 5) is 11.2. The van der Waals surface area contributed by atoms with Crippen molar-refractivity contribution >= 4 is 17.0 Å². The molecule has 0 amide bonds. The fourth-order valence-corrected chi connectivity index (χ4v) is 2.94. The van der Waals surface area contributed by atoms with Crippen molar-refractivity contribution in [1.29, 1.82) is 0 Å². The number of halogens is 5. The monoisotopic (exact) mass is 413 g/mol. The summed E-state index contributed by atoms with van der Waals surface area (Å²) >= 11 is 0. The molecule has 1 rings (SSSR count). The molecule has 1 N–H and O–H groups in total. The van der Waals surface area contributed by atoms with Gasteiger partial charge in [0, 0.05) is 11.6 Å². The topological polar surface area (TPSA) is 55.4 Å². The first-order chi connectivity index (χ1) is 12.3. The molecule has 0 aliphatic carbocycles. The van der Waals surface area contributed by atoms with Crippen LogP contribution in [0.25, 0.3) is 0 Å². The van der Waals surface area contributed by atoms with E-state index >= 15 is 0 Å². The Labute approximate surface area is 156 Å². The first-order valence-electron chi connectivity index (χ1n) is 7.67. The molecule has 0 aliphatic heterocycles. The predicted octanol–water partition coefficient (Wildman–Crippen LogP) is 3.55. The molecule has 152 valence electrons. The van der Waals surface area contributed by atoms with E-state index in [1.54, 1.807) is 0 Å². The Morgan fingerprint density at radius 1 is 1.26 bits per heavy atom. The molecular weight excluding hydrogens is 393 g/mol. The average molecular weight is 413 g/mol. The standard InChI is InChI=1S/C17H20F5NO3S/c1-15(2,3)27(25)23-16(10-18,11-6-5-7-12(19)14(11)20)17(21,22)9-8-13(24)26-4/h5-9,23H,10H2,1-4H3/t16-,27-/m1/s1. The Morgan fingerprint density at radius 2 is 1.85 bits per heavy atom. The molecule has 1 aromatic carbocycles. The lowest BCUT2D eigenvalue weighted by molar-refractivity contribution is -0.135. The van der Waals surface area contributed by atoms with Crippen LogP contribution in [0.1, 0.15) is 26.3 Å². The predicted molar refractivity (Wildman–Crippen MR) is 91.1 cm³/mol. The molecule has 0 saturated carbocycles. The second-order valence-corrected chi connectivity index (χ2v) is 8.57. The third-order valence-electron chi connectivity index (χ3n) is 3.63. The van der Waals surface area contributed by atoms with E-state index in [0.717, 1.165) is 19.2 Å². The van der Waals surface area contributed by atoms with Gasteiger partial charge >= 0.3 is 5.97 Å². The molecule has 0 radical (unpaired) electrons. The average Bonchev–Trinajstić information content (AvgIpc) is 2.59. The van der Waals surface area contributed by atoms with Gasteiger partial charge in [0.1, 0.15) is 6.67 Å². The van der Waals surface area contributed by atoms with Gasteiger partial charge in [0.25, 0.3) is 5.92 Å². The van der Waals surface area contributed by atoms with Gasteiger partial charge in [-0.2, -0.15) is 8.78 Å². The number of alkyl halides is 3. The highest BCUT2D eigenvalue weighted by atomic mass is 32.2. The highest BCUT2D eigenvalue weighted by Crippen LogP contribution is 2.42. The molecule has 4 nitrogen and oxygen atoms in total. The summed E-state index contributed by atoms with van der Waals surface area (Å²) in [6.45, 7) is 2.31. The van der Waals surface area contributed by atoms with Crippen LogP contribution < -0.4 is 4.72 Å². The number of hydrogen-bond donors (Lipinski definition) is 1. The van der Waals surface area contributed by atoms with Crippen molar-refractivity contribution in [2.75, 3.05) is 13.8 Å². The number of rotatable bonds is 7. The van der Waals surface area contributed by atoms with Gasteiger partial charge in [-0.05, 0) is 32.9 Å². The summed E-state index contributed by atoms with van der Waals surface area (Å²) in [6, 6.07) is 2.34. The van der Waals surface area contributed by atoms with E-state index in [9.17, 15) is 31.0 Å². The lowest BCUT2D eigenvalue weighted by Gasteiger charge is -2.39. The van der Waals surface area contributed by atoms with Gasteiger partial charge in [-0.25, -0.2) is 26.9 Å². The van der Waals surface area contributed by atoms with Gasteiger partial charge in [-0.15, -0.1) is 0 Å². The van der Waals surface area contributed by atoms with Crippen molar-refractivity contribution in [3.63, 3.8) is 0 Å². The lowest BCUT2D eigenvalue weighted by atomic mass is 9.84. The number of carbonyl (C=O) groups excluding carboxylic acids is 1. The van der Waals surface area contributed by atoms with E-state index in [1.165, 1.54) is 20.8 Å². The molecular formula is C17H20F5NO3S. The molecule has 10 heteroatoms. The van der Waals surface area contributed by atoms with E-state index in [4.69, 9.17) is 0 Å². The molecule has 2 atom stereocenters. The maximum Gasteiger partial charge on any atom is 0.330 e. The Morgan fingerprint density at radius 3 is 2.33 bits per heavy atom. The zero-order valence-electron chi connectivity index (χ0n) is 15.1. The number of esters is 1. The largest absolute Gasteiger partial charge is 0.466 e. The zero-order chi connectivity index (χ0) is 21.0. The normalized spacial score (nSPS) is 16.2. The van der Waals surface area contributed by atoms with Gasteiger partial charge in [-0.1, -0.05) is 12.1 Å². The van der Waals surface area contributed by atoms with Gasteiger partial charge in [-0.3, -0.25) is 0 Å². The van der Waals surface area contributed by atoms with Crippen molar-refractivity contribution in [3.8, 4) is 0 Å². The van der Waals surface area contributed by atoms with Gasteiger partial charge < -0.3 is 4.74 Å². The molecule has 0 bridgehead atoms. The molecule has 0 saturated heterocycles. The maximum atomic E-state index is 15.0. The van der Waals surface area contributed by atoms with Crippen LogP contribution in [0, 0.1) is 11.6 Å². The lowest BCUT2D eigenvalue weighted by Crippen LogP contribution is -2.60. The van der Waals surface area contributed by atoms with Crippen LogP contribution in [-0.2, 0) is 26.1 Å². The van der Waals surface area contributed by atoms with Crippen molar-refractivity contribution in [3.05, 3.63) is 47.5 Å².